The number of nitrogens with one attached hydrogen (secondary N) is 1. The first-order valence-electron chi connectivity index (χ1n) is 5.83. The van der Waals surface area contributed by atoms with E-state index in [1.54, 1.807) is 19.0 Å². The lowest BCUT2D eigenvalue weighted by molar-refractivity contribution is 0.0827. The van der Waals surface area contributed by atoms with Crippen LogP contribution in [0.15, 0.2) is 24.3 Å². The van der Waals surface area contributed by atoms with Crippen LogP contribution >= 0.6 is 11.8 Å². The Morgan fingerprint density at radius 3 is 2.94 bits per heavy atom. The Balaban J connectivity index is 2.08. The molecule has 2 rings (SSSR count). The monoisotopic (exact) mass is 250 g/mol. The molecule has 17 heavy (non-hydrogen) atoms. The molecule has 4 heteroatoms. The Morgan fingerprint density at radius 2 is 2.29 bits per heavy atom. The number of benzene rings is 1. The summed E-state index contributed by atoms with van der Waals surface area (Å²) in [6.45, 7) is 0. The maximum Gasteiger partial charge on any atom is 0.253 e. The average Bonchev–Trinajstić information content (AvgIpc) is 2.81. The predicted octanol–water partition coefficient (Wildman–Crippen LogP) is 2.31. The van der Waals surface area contributed by atoms with Gasteiger partial charge in [-0.2, -0.15) is 11.8 Å². The number of carbonyl (C=O) groups is 1. The van der Waals surface area contributed by atoms with E-state index in [1.165, 1.54) is 12.2 Å². The molecule has 0 saturated carbocycles. The molecule has 1 fully saturated rings. The van der Waals surface area contributed by atoms with Crippen molar-refractivity contribution in [2.24, 2.45) is 0 Å². The molecule has 0 aromatic heterocycles. The number of hydrogen-bond acceptors (Lipinski definition) is 3. The number of thioether (sulfide) groups is 1. The van der Waals surface area contributed by atoms with Crippen molar-refractivity contribution >= 4 is 23.4 Å². The highest BCUT2D eigenvalue weighted by Gasteiger charge is 2.15. The van der Waals surface area contributed by atoms with Gasteiger partial charge in [-0.15, -0.1) is 0 Å². The number of carbonyl (C=O) groups excluding carboxylic acids is 1. The molecule has 1 aliphatic rings. The summed E-state index contributed by atoms with van der Waals surface area (Å²) in [6, 6.07) is 8.29. The summed E-state index contributed by atoms with van der Waals surface area (Å²) < 4.78 is 0. The van der Waals surface area contributed by atoms with Gasteiger partial charge in [-0.1, -0.05) is 6.07 Å². The van der Waals surface area contributed by atoms with Gasteiger partial charge < -0.3 is 10.2 Å². The fourth-order valence-electron chi connectivity index (χ4n) is 1.88. The zero-order chi connectivity index (χ0) is 12.3. The number of anilines is 1. The first-order chi connectivity index (χ1) is 8.16. The summed E-state index contributed by atoms with van der Waals surface area (Å²) >= 11 is 1.98. The molecule has 0 aliphatic carbocycles. The van der Waals surface area contributed by atoms with Crippen LogP contribution in [0.4, 0.5) is 5.69 Å². The Kier molecular flexibility index (Phi) is 3.94. The third kappa shape index (κ3) is 3.16. The average molecular weight is 250 g/mol. The maximum absolute atomic E-state index is 11.8. The van der Waals surface area contributed by atoms with E-state index < -0.39 is 0 Å². The standard InChI is InChI=1S/C13H18N2OS/c1-15(2)13(16)10-4-3-5-11(8-10)14-12-6-7-17-9-12/h3-5,8,12,14H,6-7,9H2,1-2H3. The quantitative estimate of drug-likeness (QED) is 0.893. The smallest absolute Gasteiger partial charge is 0.253 e. The second-order valence-corrected chi connectivity index (χ2v) is 5.64. The highest BCUT2D eigenvalue weighted by atomic mass is 32.2. The van der Waals surface area contributed by atoms with Gasteiger partial charge in [0.1, 0.15) is 0 Å². The van der Waals surface area contributed by atoms with E-state index in [-0.39, 0.29) is 5.91 Å². The summed E-state index contributed by atoms with van der Waals surface area (Å²) in [6.07, 6.45) is 1.20. The predicted molar refractivity (Wildman–Crippen MR) is 73.8 cm³/mol. The van der Waals surface area contributed by atoms with Crippen molar-refractivity contribution in [1.82, 2.24) is 4.90 Å². The van der Waals surface area contributed by atoms with E-state index in [0.717, 1.165) is 17.0 Å². The van der Waals surface area contributed by atoms with Crippen molar-refractivity contribution in [3.8, 4) is 0 Å². The summed E-state index contributed by atoms with van der Waals surface area (Å²) in [7, 11) is 3.55. The zero-order valence-corrected chi connectivity index (χ0v) is 11.1. The molecule has 1 N–H and O–H groups in total. The first kappa shape index (κ1) is 12.3. The molecule has 1 unspecified atom stereocenters. The molecular formula is C13H18N2OS. The van der Waals surface area contributed by atoms with Gasteiger partial charge >= 0.3 is 0 Å². The van der Waals surface area contributed by atoms with E-state index in [0.29, 0.717) is 6.04 Å². The van der Waals surface area contributed by atoms with Crippen LogP contribution in [0, 0.1) is 0 Å². The normalized spacial score (nSPS) is 19.1. The van der Waals surface area contributed by atoms with Crippen LogP contribution in [-0.2, 0) is 0 Å². The summed E-state index contributed by atoms with van der Waals surface area (Å²) in [5, 5.41) is 3.48. The van der Waals surface area contributed by atoms with Crippen LogP contribution in [0.3, 0.4) is 0 Å². The Hall–Kier alpha value is -1.16. The third-order valence-electron chi connectivity index (χ3n) is 2.82. The van der Waals surface area contributed by atoms with Crippen LogP contribution in [0.5, 0.6) is 0 Å². The van der Waals surface area contributed by atoms with Crippen LogP contribution in [-0.4, -0.2) is 42.4 Å². The van der Waals surface area contributed by atoms with Crippen molar-refractivity contribution in [2.75, 3.05) is 30.9 Å². The van der Waals surface area contributed by atoms with Crippen molar-refractivity contribution in [1.29, 1.82) is 0 Å². The number of nitrogens with zero attached hydrogens (tertiary/aromatic N) is 1. The largest absolute Gasteiger partial charge is 0.381 e. The second-order valence-electron chi connectivity index (χ2n) is 4.49. The number of hydrogen-bond donors (Lipinski definition) is 1. The summed E-state index contributed by atoms with van der Waals surface area (Å²) in [5.41, 5.74) is 1.79. The van der Waals surface area contributed by atoms with Crippen molar-refractivity contribution in [2.45, 2.75) is 12.5 Å². The van der Waals surface area contributed by atoms with E-state index >= 15 is 0 Å². The highest BCUT2D eigenvalue weighted by molar-refractivity contribution is 7.99. The number of rotatable bonds is 3. The zero-order valence-electron chi connectivity index (χ0n) is 10.3. The van der Waals surface area contributed by atoms with Crippen LogP contribution < -0.4 is 5.32 Å². The lowest BCUT2D eigenvalue weighted by Gasteiger charge is -2.15. The molecule has 1 atom stereocenters. The summed E-state index contributed by atoms with van der Waals surface area (Å²) in [5.74, 6) is 2.44. The van der Waals surface area contributed by atoms with Gasteiger partial charge in [0.15, 0.2) is 0 Å². The molecule has 3 nitrogen and oxygen atoms in total. The van der Waals surface area contributed by atoms with E-state index in [9.17, 15) is 4.79 Å². The first-order valence-corrected chi connectivity index (χ1v) is 6.98. The van der Waals surface area contributed by atoms with Crippen molar-refractivity contribution in [3.63, 3.8) is 0 Å². The fraction of sp³-hybridized carbons (Fsp3) is 0.462. The SMILES string of the molecule is CN(C)C(=O)c1cccc(NC2CCSC2)c1. The molecule has 1 aromatic carbocycles. The van der Waals surface area contributed by atoms with E-state index in [4.69, 9.17) is 0 Å². The van der Waals surface area contributed by atoms with Gasteiger partial charge in [-0.3, -0.25) is 4.79 Å². The Morgan fingerprint density at radius 1 is 1.47 bits per heavy atom. The summed E-state index contributed by atoms with van der Waals surface area (Å²) in [4.78, 5) is 13.4. The lowest BCUT2D eigenvalue weighted by Crippen LogP contribution is -2.22. The number of amides is 1. The Bertz CT molecular complexity index is 400. The molecule has 1 heterocycles. The van der Waals surface area contributed by atoms with Crippen molar-refractivity contribution < 1.29 is 4.79 Å². The van der Waals surface area contributed by atoms with Gasteiger partial charge in [-0.25, -0.2) is 0 Å². The van der Waals surface area contributed by atoms with E-state index in [2.05, 4.69) is 5.32 Å². The van der Waals surface area contributed by atoms with Crippen LogP contribution in [0.1, 0.15) is 16.8 Å². The fourth-order valence-corrected chi connectivity index (χ4v) is 3.04. The second kappa shape index (κ2) is 5.45. The molecule has 0 bridgehead atoms. The van der Waals surface area contributed by atoms with Gasteiger partial charge in [0.05, 0.1) is 0 Å². The minimum Gasteiger partial charge on any atom is -0.381 e. The molecule has 1 aliphatic heterocycles. The molecule has 0 radical (unpaired) electrons. The highest BCUT2D eigenvalue weighted by Crippen LogP contribution is 2.22. The van der Waals surface area contributed by atoms with Gasteiger partial charge in [0.2, 0.25) is 0 Å². The minimum atomic E-state index is 0.0504. The third-order valence-corrected chi connectivity index (χ3v) is 3.98. The van der Waals surface area contributed by atoms with E-state index in [1.807, 2.05) is 36.0 Å². The van der Waals surface area contributed by atoms with Gasteiger partial charge in [0.25, 0.3) is 5.91 Å². The van der Waals surface area contributed by atoms with Crippen LogP contribution in [0.2, 0.25) is 0 Å². The van der Waals surface area contributed by atoms with Crippen molar-refractivity contribution in [3.05, 3.63) is 29.8 Å². The molecule has 1 amide bonds. The topological polar surface area (TPSA) is 32.3 Å². The molecular weight excluding hydrogens is 232 g/mol. The molecule has 1 aromatic rings. The molecule has 0 spiro atoms. The van der Waals surface area contributed by atoms with Gasteiger partial charge in [0, 0.05) is 37.1 Å². The molecule has 1 saturated heterocycles. The molecule has 92 valence electrons. The van der Waals surface area contributed by atoms with Crippen LogP contribution in [0.25, 0.3) is 0 Å². The maximum atomic E-state index is 11.8. The minimum absolute atomic E-state index is 0.0504. The lowest BCUT2D eigenvalue weighted by atomic mass is 10.1. The van der Waals surface area contributed by atoms with Gasteiger partial charge in [-0.05, 0) is 30.4 Å². The Labute approximate surface area is 107 Å².